The minimum Gasteiger partial charge on any atom is -0.409 e. The van der Waals surface area contributed by atoms with E-state index in [0.29, 0.717) is 12.1 Å². The van der Waals surface area contributed by atoms with E-state index < -0.39 is 5.82 Å². The van der Waals surface area contributed by atoms with Crippen LogP contribution < -0.4 is 11.1 Å². The second-order valence-electron chi connectivity index (χ2n) is 5.18. The third-order valence-corrected chi connectivity index (χ3v) is 3.58. The van der Waals surface area contributed by atoms with Crippen LogP contribution in [0.2, 0.25) is 0 Å². The number of nitrogens with one attached hydrogen (secondary N) is 1. The minimum atomic E-state index is -0.399. The molecule has 0 unspecified atom stereocenters. The van der Waals surface area contributed by atoms with Crippen molar-refractivity contribution in [2.75, 3.05) is 20.1 Å². The molecule has 0 saturated heterocycles. The standard InChI is InChI=1S/C14H21FN4O/c1-19(12-4-5-12)7-6-17-9-10-2-3-11(15)8-13(10)14(16)18-20/h2-3,8,12,17,20H,4-7,9H2,1H3,(H2,16,18). The highest BCUT2D eigenvalue weighted by atomic mass is 19.1. The van der Waals surface area contributed by atoms with Gasteiger partial charge in [0.1, 0.15) is 5.82 Å². The Hall–Kier alpha value is -1.66. The summed E-state index contributed by atoms with van der Waals surface area (Å²) in [6.07, 6.45) is 2.59. The Kier molecular flexibility index (Phi) is 4.92. The highest BCUT2D eigenvalue weighted by Crippen LogP contribution is 2.24. The van der Waals surface area contributed by atoms with Crippen molar-refractivity contribution >= 4 is 5.84 Å². The molecule has 20 heavy (non-hydrogen) atoms. The molecule has 1 aromatic rings. The van der Waals surface area contributed by atoms with Crippen LogP contribution in [0.25, 0.3) is 0 Å². The average Bonchev–Trinajstić information content (AvgIpc) is 3.28. The van der Waals surface area contributed by atoms with Crippen molar-refractivity contribution in [2.24, 2.45) is 10.9 Å². The molecule has 0 heterocycles. The summed E-state index contributed by atoms with van der Waals surface area (Å²) in [5.41, 5.74) is 6.80. The van der Waals surface area contributed by atoms with Gasteiger partial charge < -0.3 is 21.2 Å². The topological polar surface area (TPSA) is 73.9 Å². The largest absolute Gasteiger partial charge is 0.409 e. The Balaban J connectivity index is 1.88. The lowest BCUT2D eigenvalue weighted by Crippen LogP contribution is -2.31. The van der Waals surface area contributed by atoms with E-state index in [2.05, 4.69) is 22.4 Å². The Morgan fingerprint density at radius 2 is 2.30 bits per heavy atom. The van der Waals surface area contributed by atoms with E-state index in [1.165, 1.54) is 25.0 Å². The number of benzene rings is 1. The van der Waals surface area contributed by atoms with Crippen molar-refractivity contribution in [1.29, 1.82) is 0 Å². The summed E-state index contributed by atoms with van der Waals surface area (Å²) >= 11 is 0. The molecule has 0 atom stereocenters. The maximum Gasteiger partial charge on any atom is 0.170 e. The van der Waals surface area contributed by atoms with Crippen LogP contribution in [0.1, 0.15) is 24.0 Å². The number of oxime groups is 1. The first kappa shape index (κ1) is 14.7. The molecule has 5 nitrogen and oxygen atoms in total. The van der Waals surface area contributed by atoms with Gasteiger partial charge in [-0.3, -0.25) is 0 Å². The van der Waals surface area contributed by atoms with Gasteiger partial charge in [0, 0.05) is 31.2 Å². The average molecular weight is 280 g/mol. The maximum absolute atomic E-state index is 13.2. The summed E-state index contributed by atoms with van der Waals surface area (Å²) in [6, 6.07) is 5.06. The molecule has 1 aliphatic rings. The van der Waals surface area contributed by atoms with E-state index in [-0.39, 0.29) is 5.84 Å². The minimum absolute atomic E-state index is 0.0728. The monoisotopic (exact) mass is 280 g/mol. The molecule has 2 rings (SSSR count). The van der Waals surface area contributed by atoms with E-state index in [1.807, 2.05) is 0 Å². The molecule has 0 bridgehead atoms. The molecule has 0 amide bonds. The molecule has 1 saturated carbocycles. The maximum atomic E-state index is 13.2. The van der Waals surface area contributed by atoms with Crippen LogP contribution in [0.15, 0.2) is 23.4 Å². The Morgan fingerprint density at radius 3 is 2.95 bits per heavy atom. The van der Waals surface area contributed by atoms with Gasteiger partial charge in [-0.2, -0.15) is 0 Å². The number of nitrogens with two attached hydrogens (primary N) is 1. The van der Waals surface area contributed by atoms with Gasteiger partial charge in [-0.25, -0.2) is 4.39 Å². The summed E-state index contributed by atoms with van der Waals surface area (Å²) in [4.78, 5) is 2.34. The first-order valence-corrected chi connectivity index (χ1v) is 6.79. The summed E-state index contributed by atoms with van der Waals surface area (Å²) < 4.78 is 13.2. The molecule has 6 heteroatoms. The second-order valence-corrected chi connectivity index (χ2v) is 5.18. The van der Waals surface area contributed by atoms with Gasteiger partial charge in [0.2, 0.25) is 0 Å². The van der Waals surface area contributed by atoms with E-state index in [9.17, 15) is 4.39 Å². The molecule has 0 radical (unpaired) electrons. The normalized spacial score (nSPS) is 15.8. The smallest absolute Gasteiger partial charge is 0.170 e. The molecular weight excluding hydrogens is 259 g/mol. The SMILES string of the molecule is CN(CCNCc1ccc(F)cc1C(N)=NO)C1CC1. The van der Waals surface area contributed by atoms with E-state index >= 15 is 0 Å². The molecule has 0 aliphatic heterocycles. The van der Waals surface area contributed by atoms with Crippen molar-refractivity contribution in [1.82, 2.24) is 10.2 Å². The zero-order valence-electron chi connectivity index (χ0n) is 11.6. The molecule has 1 aromatic carbocycles. The molecule has 0 aromatic heterocycles. The molecule has 4 N–H and O–H groups in total. The zero-order chi connectivity index (χ0) is 14.5. The number of hydrogen-bond donors (Lipinski definition) is 3. The van der Waals surface area contributed by atoms with E-state index in [0.717, 1.165) is 24.7 Å². The van der Waals surface area contributed by atoms with Crippen molar-refractivity contribution in [3.8, 4) is 0 Å². The first-order valence-electron chi connectivity index (χ1n) is 6.79. The fourth-order valence-electron chi connectivity index (χ4n) is 2.17. The Morgan fingerprint density at radius 1 is 1.55 bits per heavy atom. The van der Waals surface area contributed by atoms with Crippen molar-refractivity contribution in [2.45, 2.75) is 25.4 Å². The number of amidine groups is 1. The third-order valence-electron chi connectivity index (χ3n) is 3.58. The Labute approximate surface area is 118 Å². The molecular formula is C14H21FN4O. The van der Waals surface area contributed by atoms with Gasteiger partial charge in [0.05, 0.1) is 0 Å². The molecule has 1 aliphatic carbocycles. The number of halogens is 1. The number of hydrogen-bond acceptors (Lipinski definition) is 4. The first-order chi connectivity index (χ1) is 9.61. The van der Waals surface area contributed by atoms with Gasteiger partial charge in [-0.05, 0) is 37.6 Å². The van der Waals surface area contributed by atoms with Crippen molar-refractivity contribution < 1.29 is 9.60 Å². The van der Waals surface area contributed by atoms with Gasteiger partial charge >= 0.3 is 0 Å². The number of likely N-dealkylation sites (N-methyl/N-ethyl adjacent to an activating group) is 1. The fraction of sp³-hybridized carbons (Fsp3) is 0.500. The summed E-state index contributed by atoms with van der Waals surface area (Å²) in [6.45, 7) is 2.38. The highest BCUT2D eigenvalue weighted by molar-refractivity contribution is 5.98. The third kappa shape index (κ3) is 3.91. The Bertz CT molecular complexity index is 488. The van der Waals surface area contributed by atoms with E-state index in [4.69, 9.17) is 10.9 Å². The van der Waals surface area contributed by atoms with E-state index in [1.54, 1.807) is 6.07 Å². The molecule has 110 valence electrons. The van der Waals surface area contributed by atoms with Crippen molar-refractivity contribution in [3.63, 3.8) is 0 Å². The quantitative estimate of drug-likeness (QED) is 0.230. The molecule has 0 spiro atoms. The summed E-state index contributed by atoms with van der Waals surface area (Å²) in [5, 5.41) is 15.0. The fourth-order valence-corrected chi connectivity index (χ4v) is 2.17. The summed E-state index contributed by atoms with van der Waals surface area (Å²) in [5.74, 6) is -0.472. The number of nitrogens with zero attached hydrogens (tertiary/aromatic N) is 2. The van der Waals surface area contributed by atoms with Crippen LogP contribution in [0.4, 0.5) is 4.39 Å². The summed E-state index contributed by atoms with van der Waals surface area (Å²) in [7, 11) is 2.12. The second kappa shape index (κ2) is 6.67. The van der Waals surface area contributed by atoms with Crippen molar-refractivity contribution in [3.05, 3.63) is 35.1 Å². The van der Waals surface area contributed by atoms with Crippen LogP contribution in [0, 0.1) is 5.82 Å². The van der Waals surface area contributed by atoms with Crippen LogP contribution in [-0.4, -0.2) is 42.1 Å². The van der Waals surface area contributed by atoms with Gasteiger partial charge in [0.25, 0.3) is 0 Å². The highest BCUT2D eigenvalue weighted by Gasteiger charge is 2.25. The van der Waals surface area contributed by atoms with Crippen LogP contribution in [0.3, 0.4) is 0 Å². The molecule has 1 fully saturated rings. The predicted molar refractivity (Wildman–Crippen MR) is 76.3 cm³/mol. The predicted octanol–water partition coefficient (Wildman–Crippen LogP) is 1.10. The van der Waals surface area contributed by atoms with Gasteiger partial charge in [0.15, 0.2) is 5.84 Å². The zero-order valence-corrected chi connectivity index (χ0v) is 11.6. The lowest BCUT2D eigenvalue weighted by molar-refractivity contribution is 0.318. The number of rotatable bonds is 7. The van der Waals surface area contributed by atoms with Crippen LogP contribution in [0.5, 0.6) is 0 Å². The lowest BCUT2D eigenvalue weighted by atomic mass is 10.1. The lowest BCUT2D eigenvalue weighted by Gasteiger charge is -2.16. The van der Waals surface area contributed by atoms with Gasteiger partial charge in [-0.1, -0.05) is 11.2 Å². The van der Waals surface area contributed by atoms with Crippen LogP contribution in [-0.2, 0) is 6.54 Å². The van der Waals surface area contributed by atoms with Crippen LogP contribution >= 0.6 is 0 Å². The van der Waals surface area contributed by atoms with Gasteiger partial charge in [-0.15, -0.1) is 0 Å².